The average molecular weight is 363 g/mol. The number of methoxy groups -OCH3 is 1. The molecule has 0 heterocycles. The molecule has 26 heavy (non-hydrogen) atoms. The van der Waals surface area contributed by atoms with E-state index in [9.17, 15) is 14.4 Å². The smallest absolute Gasteiger partial charge is 0.328 e. The Hall–Kier alpha value is -2.41. The van der Waals surface area contributed by atoms with Crippen molar-refractivity contribution in [3.8, 4) is 0 Å². The number of hydrogen-bond donors (Lipinski definition) is 2. The number of amides is 2. The highest BCUT2D eigenvalue weighted by Crippen LogP contribution is 2.10. The molecular weight excluding hydrogens is 334 g/mol. The topological polar surface area (TPSA) is 87.7 Å². The summed E-state index contributed by atoms with van der Waals surface area (Å²) in [4.78, 5) is 37.5. The molecule has 2 atom stereocenters. The van der Waals surface area contributed by atoms with Crippen molar-refractivity contribution in [2.45, 2.75) is 32.9 Å². The summed E-state index contributed by atoms with van der Waals surface area (Å²) in [7, 11) is 4.73. The van der Waals surface area contributed by atoms with Gasteiger partial charge in [-0.05, 0) is 30.7 Å². The van der Waals surface area contributed by atoms with Gasteiger partial charge in [-0.3, -0.25) is 14.5 Å². The molecule has 0 aromatic heterocycles. The lowest BCUT2D eigenvalue weighted by Crippen LogP contribution is -2.48. The molecule has 2 amide bonds. The van der Waals surface area contributed by atoms with Gasteiger partial charge in [0.15, 0.2) is 0 Å². The quantitative estimate of drug-likeness (QED) is 0.644. The number of ether oxygens (including phenoxy) is 1. The van der Waals surface area contributed by atoms with E-state index in [-0.39, 0.29) is 24.3 Å². The lowest BCUT2D eigenvalue weighted by molar-refractivity contribution is -0.146. The number of carbonyl (C=O) groups is 3. The van der Waals surface area contributed by atoms with Crippen LogP contribution in [0.15, 0.2) is 24.3 Å². The maximum atomic E-state index is 12.3. The van der Waals surface area contributed by atoms with Crippen molar-refractivity contribution >= 4 is 17.8 Å². The molecule has 144 valence electrons. The predicted octanol–water partition coefficient (Wildman–Crippen LogP) is 1.18. The van der Waals surface area contributed by atoms with Crippen LogP contribution in [0.25, 0.3) is 0 Å². The Morgan fingerprint density at radius 3 is 2.31 bits per heavy atom. The molecule has 0 fully saturated rings. The Bertz CT molecular complexity index is 616. The zero-order valence-electron chi connectivity index (χ0n) is 16.2. The molecule has 0 saturated carbocycles. The van der Waals surface area contributed by atoms with E-state index < -0.39 is 12.0 Å². The Morgan fingerprint density at radius 1 is 1.19 bits per heavy atom. The zero-order valence-corrected chi connectivity index (χ0v) is 16.2. The summed E-state index contributed by atoms with van der Waals surface area (Å²) in [5.74, 6) is -0.803. The summed E-state index contributed by atoms with van der Waals surface area (Å²) in [6, 6.07) is 6.57. The van der Waals surface area contributed by atoms with Crippen LogP contribution in [-0.4, -0.2) is 56.5 Å². The van der Waals surface area contributed by atoms with E-state index in [1.165, 1.54) is 7.11 Å². The van der Waals surface area contributed by atoms with Crippen molar-refractivity contribution in [1.29, 1.82) is 0 Å². The van der Waals surface area contributed by atoms with Crippen LogP contribution in [0.1, 0.15) is 36.2 Å². The van der Waals surface area contributed by atoms with Gasteiger partial charge in [0.25, 0.3) is 5.91 Å². The molecule has 0 aliphatic heterocycles. The molecule has 2 N–H and O–H groups in total. The molecule has 0 aliphatic rings. The van der Waals surface area contributed by atoms with Crippen molar-refractivity contribution in [3.63, 3.8) is 0 Å². The van der Waals surface area contributed by atoms with E-state index in [2.05, 4.69) is 10.6 Å². The third-order valence-electron chi connectivity index (χ3n) is 4.29. The Balaban J connectivity index is 2.60. The van der Waals surface area contributed by atoms with Gasteiger partial charge < -0.3 is 15.4 Å². The van der Waals surface area contributed by atoms with Crippen LogP contribution in [-0.2, 0) is 20.9 Å². The Labute approximate surface area is 155 Å². The average Bonchev–Trinajstić information content (AvgIpc) is 2.64. The SMILES string of the molecule is CC[C@H](C)[C@@H](NC(=O)CN(C)Cc1ccc(C(=O)NC)cc1)C(=O)OC. The minimum absolute atomic E-state index is 0.00559. The van der Waals surface area contributed by atoms with Gasteiger partial charge in [0.2, 0.25) is 5.91 Å². The zero-order chi connectivity index (χ0) is 19.7. The fraction of sp³-hybridized carbons (Fsp3) is 0.526. The first kappa shape index (κ1) is 21.6. The predicted molar refractivity (Wildman–Crippen MR) is 99.6 cm³/mol. The van der Waals surface area contributed by atoms with Gasteiger partial charge in [0.05, 0.1) is 13.7 Å². The van der Waals surface area contributed by atoms with E-state index in [1.54, 1.807) is 19.2 Å². The minimum atomic E-state index is -0.641. The third kappa shape index (κ3) is 6.48. The highest BCUT2D eigenvalue weighted by atomic mass is 16.5. The van der Waals surface area contributed by atoms with E-state index in [4.69, 9.17) is 4.74 Å². The normalized spacial score (nSPS) is 13.0. The van der Waals surface area contributed by atoms with Gasteiger partial charge in [-0.1, -0.05) is 32.4 Å². The monoisotopic (exact) mass is 363 g/mol. The molecular formula is C19H29N3O4. The van der Waals surface area contributed by atoms with Crippen LogP contribution in [0.5, 0.6) is 0 Å². The van der Waals surface area contributed by atoms with Crippen LogP contribution in [0, 0.1) is 5.92 Å². The summed E-state index contributed by atoms with van der Waals surface area (Å²) >= 11 is 0. The number of rotatable bonds is 9. The van der Waals surface area contributed by atoms with E-state index in [1.807, 2.05) is 37.9 Å². The van der Waals surface area contributed by atoms with Crippen molar-refractivity contribution < 1.29 is 19.1 Å². The first-order chi connectivity index (χ1) is 12.3. The summed E-state index contributed by atoms with van der Waals surface area (Å²) < 4.78 is 4.78. The third-order valence-corrected chi connectivity index (χ3v) is 4.29. The lowest BCUT2D eigenvalue weighted by Gasteiger charge is -2.23. The first-order valence-electron chi connectivity index (χ1n) is 8.69. The van der Waals surface area contributed by atoms with Crippen LogP contribution < -0.4 is 10.6 Å². The van der Waals surface area contributed by atoms with Gasteiger partial charge >= 0.3 is 5.97 Å². The second kappa shape index (κ2) is 10.6. The van der Waals surface area contributed by atoms with Crippen LogP contribution in [0.4, 0.5) is 0 Å². The number of carbonyl (C=O) groups excluding carboxylic acids is 3. The maximum Gasteiger partial charge on any atom is 0.328 e. The number of nitrogens with one attached hydrogen (secondary N) is 2. The van der Waals surface area contributed by atoms with Gasteiger partial charge in [0.1, 0.15) is 6.04 Å². The number of esters is 1. The second-order valence-electron chi connectivity index (χ2n) is 6.40. The van der Waals surface area contributed by atoms with Crippen LogP contribution in [0.2, 0.25) is 0 Å². The van der Waals surface area contributed by atoms with E-state index in [0.717, 1.165) is 12.0 Å². The largest absolute Gasteiger partial charge is 0.467 e. The van der Waals surface area contributed by atoms with Gasteiger partial charge in [-0.25, -0.2) is 4.79 Å². The molecule has 0 saturated heterocycles. The van der Waals surface area contributed by atoms with Crippen molar-refractivity contribution in [2.24, 2.45) is 5.92 Å². The number of hydrogen-bond acceptors (Lipinski definition) is 5. The lowest BCUT2D eigenvalue weighted by atomic mass is 9.99. The second-order valence-corrected chi connectivity index (χ2v) is 6.40. The van der Waals surface area contributed by atoms with Gasteiger partial charge in [0, 0.05) is 19.2 Å². The minimum Gasteiger partial charge on any atom is -0.467 e. The molecule has 0 bridgehead atoms. The Kier molecular flexibility index (Phi) is 8.78. The summed E-state index contributed by atoms with van der Waals surface area (Å²) in [5.41, 5.74) is 1.57. The molecule has 0 spiro atoms. The first-order valence-corrected chi connectivity index (χ1v) is 8.69. The van der Waals surface area contributed by atoms with Crippen molar-refractivity contribution in [1.82, 2.24) is 15.5 Å². The number of benzene rings is 1. The van der Waals surface area contributed by atoms with Crippen LogP contribution in [0.3, 0.4) is 0 Å². The summed E-state index contributed by atoms with van der Waals surface area (Å²) in [6.45, 7) is 4.57. The molecule has 1 rings (SSSR count). The van der Waals surface area contributed by atoms with Crippen LogP contribution >= 0.6 is 0 Å². The molecule has 1 aromatic rings. The Morgan fingerprint density at radius 2 is 1.81 bits per heavy atom. The van der Waals surface area contributed by atoms with Crippen molar-refractivity contribution in [2.75, 3.05) is 27.7 Å². The van der Waals surface area contributed by atoms with E-state index in [0.29, 0.717) is 12.1 Å². The number of nitrogens with zero attached hydrogens (tertiary/aromatic N) is 1. The fourth-order valence-electron chi connectivity index (χ4n) is 2.53. The fourth-order valence-corrected chi connectivity index (χ4v) is 2.53. The summed E-state index contributed by atoms with van der Waals surface area (Å²) in [6.07, 6.45) is 0.758. The highest BCUT2D eigenvalue weighted by Gasteiger charge is 2.26. The highest BCUT2D eigenvalue weighted by molar-refractivity contribution is 5.93. The summed E-state index contributed by atoms with van der Waals surface area (Å²) in [5, 5.41) is 5.33. The molecule has 0 unspecified atom stereocenters. The molecule has 1 aromatic carbocycles. The van der Waals surface area contributed by atoms with Crippen molar-refractivity contribution in [3.05, 3.63) is 35.4 Å². The molecule has 0 radical (unpaired) electrons. The van der Waals surface area contributed by atoms with Gasteiger partial charge in [-0.2, -0.15) is 0 Å². The molecule has 7 heteroatoms. The molecule has 7 nitrogen and oxygen atoms in total. The van der Waals surface area contributed by atoms with E-state index >= 15 is 0 Å². The maximum absolute atomic E-state index is 12.3. The molecule has 0 aliphatic carbocycles. The number of likely N-dealkylation sites (N-methyl/N-ethyl adjacent to an activating group) is 1. The standard InChI is InChI=1S/C19H29N3O4/c1-6-13(2)17(19(25)26-5)21-16(23)12-22(4)11-14-7-9-15(10-8-14)18(24)20-3/h7-10,13,17H,6,11-12H2,1-5H3,(H,20,24)(H,21,23)/t13-,17+/m0/s1. The van der Waals surface area contributed by atoms with Gasteiger partial charge in [-0.15, -0.1) is 0 Å².